The van der Waals surface area contributed by atoms with E-state index in [1.807, 2.05) is 31.2 Å². The molecular formula is C17H18O2. The van der Waals surface area contributed by atoms with Crippen LogP contribution in [-0.4, -0.2) is 11.4 Å². The van der Waals surface area contributed by atoms with E-state index in [0.29, 0.717) is 11.8 Å². The number of hydrogen-bond donors (Lipinski definition) is 1. The predicted molar refractivity (Wildman–Crippen MR) is 76.8 cm³/mol. The summed E-state index contributed by atoms with van der Waals surface area (Å²) in [7, 11) is 0. The van der Waals surface area contributed by atoms with E-state index in [9.17, 15) is 9.90 Å². The quantitative estimate of drug-likeness (QED) is 0.835. The molecule has 0 saturated heterocycles. The fourth-order valence-electron chi connectivity index (χ4n) is 2.55. The maximum Gasteiger partial charge on any atom is 0.153 e. The average Bonchev–Trinajstić information content (AvgIpc) is 2.44. The van der Waals surface area contributed by atoms with Crippen molar-refractivity contribution in [3.05, 3.63) is 64.7 Å². The van der Waals surface area contributed by atoms with Crippen LogP contribution in [0, 0.1) is 6.92 Å². The van der Waals surface area contributed by atoms with Crippen molar-refractivity contribution in [1.29, 1.82) is 0 Å². The molecule has 0 heterocycles. The summed E-state index contributed by atoms with van der Waals surface area (Å²) in [4.78, 5) is 11.0. The summed E-state index contributed by atoms with van der Waals surface area (Å²) in [5.41, 5.74) is 3.39. The van der Waals surface area contributed by atoms with Gasteiger partial charge in [0.1, 0.15) is 5.75 Å². The number of aryl methyl sites for hydroxylation is 1. The third kappa shape index (κ3) is 2.53. The Bertz CT molecular complexity index is 573. The molecule has 98 valence electrons. The van der Waals surface area contributed by atoms with Gasteiger partial charge in [-0.25, -0.2) is 0 Å². The van der Waals surface area contributed by atoms with Gasteiger partial charge in [-0.3, -0.25) is 4.79 Å². The Morgan fingerprint density at radius 2 is 1.84 bits per heavy atom. The number of phenols is 1. The van der Waals surface area contributed by atoms with Gasteiger partial charge in [-0.1, -0.05) is 43.3 Å². The number of rotatable bonds is 4. The van der Waals surface area contributed by atoms with Crippen molar-refractivity contribution < 1.29 is 9.90 Å². The molecule has 0 spiro atoms. The Morgan fingerprint density at radius 3 is 2.42 bits per heavy atom. The summed E-state index contributed by atoms with van der Waals surface area (Å²) in [5, 5.41) is 10.3. The summed E-state index contributed by atoms with van der Waals surface area (Å²) in [5.74, 6) is 0.229. The van der Waals surface area contributed by atoms with Gasteiger partial charge in [-0.15, -0.1) is 0 Å². The third-order valence-corrected chi connectivity index (χ3v) is 3.55. The average molecular weight is 254 g/mol. The zero-order valence-electron chi connectivity index (χ0n) is 11.3. The van der Waals surface area contributed by atoms with Crippen LogP contribution in [0.15, 0.2) is 42.5 Å². The number of aromatic hydroxyl groups is 1. The van der Waals surface area contributed by atoms with Crippen LogP contribution in [0.2, 0.25) is 0 Å². The van der Waals surface area contributed by atoms with Gasteiger partial charge >= 0.3 is 0 Å². The molecule has 0 radical (unpaired) electrons. The van der Waals surface area contributed by atoms with E-state index < -0.39 is 0 Å². The fourth-order valence-corrected chi connectivity index (χ4v) is 2.55. The number of phenolic OH excluding ortho intramolecular Hbond substituents is 1. The molecule has 0 aliphatic rings. The molecular weight excluding hydrogens is 236 g/mol. The highest BCUT2D eigenvalue weighted by Crippen LogP contribution is 2.37. The molecule has 2 rings (SSSR count). The molecule has 0 aliphatic heterocycles. The van der Waals surface area contributed by atoms with Gasteiger partial charge < -0.3 is 5.11 Å². The van der Waals surface area contributed by atoms with Crippen molar-refractivity contribution in [2.24, 2.45) is 0 Å². The van der Waals surface area contributed by atoms with E-state index in [0.717, 1.165) is 23.1 Å². The molecule has 0 unspecified atom stereocenters. The lowest BCUT2D eigenvalue weighted by Crippen LogP contribution is -2.04. The van der Waals surface area contributed by atoms with Gasteiger partial charge in [0, 0.05) is 11.5 Å². The molecule has 0 bridgehead atoms. The Kier molecular flexibility index (Phi) is 4.00. The van der Waals surface area contributed by atoms with Gasteiger partial charge in [0.2, 0.25) is 0 Å². The van der Waals surface area contributed by atoms with Crippen molar-refractivity contribution >= 4 is 6.29 Å². The molecule has 1 N–H and O–H groups in total. The SMILES string of the molecule is CC[C@@H](c1ccccc1)c1c(C)ccc(C=O)c1O. The molecule has 19 heavy (non-hydrogen) atoms. The standard InChI is InChI=1S/C17H18O2/c1-3-15(13-7-5-4-6-8-13)16-12(2)9-10-14(11-18)17(16)19/h4-11,15,19H,3H2,1-2H3/t15-/m0/s1. The van der Waals surface area contributed by atoms with Crippen LogP contribution >= 0.6 is 0 Å². The summed E-state index contributed by atoms with van der Waals surface area (Å²) < 4.78 is 0. The first kappa shape index (κ1) is 13.3. The normalized spacial score (nSPS) is 12.1. The van der Waals surface area contributed by atoms with Crippen LogP contribution in [-0.2, 0) is 0 Å². The smallest absolute Gasteiger partial charge is 0.153 e. The molecule has 0 saturated carbocycles. The van der Waals surface area contributed by atoms with Gasteiger partial charge in [0.05, 0.1) is 5.56 Å². The number of carbonyl (C=O) groups is 1. The lowest BCUT2D eigenvalue weighted by Gasteiger charge is -2.20. The van der Waals surface area contributed by atoms with Crippen molar-refractivity contribution in [2.75, 3.05) is 0 Å². The van der Waals surface area contributed by atoms with E-state index in [1.54, 1.807) is 6.07 Å². The first-order valence-electron chi connectivity index (χ1n) is 6.51. The minimum Gasteiger partial charge on any atom is -0.507 e. The molecule has 0 aromatic heterocycles. The number of aldehydes is 1. The maximum atomic E-state index is 11.0. The Hall–Kier alpha value is -2.09. The van der Waals surface area contributed by atoms with Gasteiger partial charge in [-0.2, -0.15) is 0 Å². The van der Waals surface area contributed by atoms with Crippen LogP contribution in [0.25, 0.3) is 0 Å². The summed E-state index contributed by atoms with van der Waals surface area (Å²) in [6.07, 6.45) is 1.58. The lowest BCUT2D eigenvalue weighted by atomic mass is 9.85. The minimum atomic E-state index is 0.112. The number of hydrogen-bond acceptors (Lipinski definition) is 2. The van der Waals surface area contributed by atoms with Crippen molar-refractivity contribution in [1.82, 2.24) is 0 Å². The van der Waals surface area contributed by atoms with E-state index in [-0.39, 0.29) is 11.7 Å². The van der Waals surface area contributed by atoms with Gasteiger partial charge in [0.25, 0.3) is 0 Å². The van der Waals surface area contributed by atoms with Crippen molar-refractivity contribution in [3.8, 4) is 5.75 Å². The third-order valence-electron chi connectivity index (χ3n) is 3.55. The molecule has 2 nitrogen and oxygen atoms in total. The van der Waals surface area contributed by atoms with Gasteiger partial charge in [-0.05, 0) is 30.5 Å². The van der Waals surface area contributed by atoms with Crippen LogP contribution in [0.5, 0.6) is 5.75 Å². The van der Waals surface area contributed by atoms with E-state index in [1.165, 1.54) is 0 Å². The van der Waals surface area contributed by atoms with Crippen LogP contribution in [0.1, 0.15) is 46.3 Å². The van der Waals surface area contributed by atoms with Crippen molar-refractivity contribution in [2.45, 2.75) is 26.2 Å². The Morgan fingerprint density at radius 1 is 1.16 bits per heavy atom. The second kappa shape index (κ2) is 5.70. The highest BCUT2D eigenvalue weighted by molar-refractivity contribution is 5.80. The molecule has 0 aliphatic carbocycles. The molecule has 0 fully saturated rings. The van der Waals surface area contributed by atoms with E-state index >= 15 is 0 Å². The molecule has 2 aromatic rings. The van der Waals surface area contributed by atoms with E-state index in [4.69, 9.17) is 0 Å². The lowest BCUT2D eigenvalue weighted by molar-refractivity contribution is 0.112. The summed E-state index contributed by atoms with van der Waals surface area (Å²) >= 11 is 0. The topological polar surface area (TPSA) is 37.3 Å². The Labute approximate surface area is 113 Å². The highest BCUT2D eigenvalue weighted by Gasteiger charge is 2.20. The maximum absolute atomic E-state index is 11.0. The molecule has 0 amide bonds. The summed E-state index contributed by atoms with van der Waals surface area (Å²) in [6.45, 7) is 4.05. The van der Waals surface area contributed by atoms with Crippen LogP contribution in [0.4, 0.5) is 0 Å². The molecule has 1 atom stereocenters. The zero-order valence-corrected chi connectivity index (χ0v) is 11.3. The summed E-state index contributed by atoms with van der Waals surface area (Å²) in [6, 6.07) is 13.6. The second-order valence-corrected chi connectivity index (χ2v) is 4.72. The minimum absolute atomic E-state index is 0.112. The second-order valence-electron chi connectivity index (χ2n) is 4.72. The van der Waals surface area contributed by atoms with Crippen molar-refractivity contribution in [3.63, 3.8) is 0 Å². The Balaban J connectivity index is 2.59. The highest BCUT2D eigenvalue weighted by atomic mass is 16.3. The molecule has 2 aromatic carbocycles. The number of benzene rings is 2. The zero-order chi connectivity index (χ0) is 13.8. The molecule has 2 heteroatoms. The van der Waals surface area contributed by atoms with Crippen LogP contribution in [0.3, 0.4) is 0 Å². The first-order valence-corrected chi connectivity index (χ1v) is 6.51. The number of carbonyl (C=O) groups excluding carboxylic acids is 1. The van der Waals surface area contributed by atoms with Gasteiger partial charge in [0.15, 0.2) is 6.29 Å². The van der Waals surface area contributed by atoms with E-state index in [2.05, 4.69) is 19.1 Å². The predicted octanol–water partition coefficient (Wildman–Crippen LogP) is 4.06. The first-order chi connectivity index (χ1) is 9.19. The monoisotopic (exact) mass is 254 g/mol. The largest absolute Gasteiger partial charge is 0.507 e. The fraction of sp³-hybridized carbons (Fsp3) is 0.235. The van der Waals surface area contributed by atoms with Crippen LogP contribution < -0.4 is 0 Å².